The zero-order chi connectivity index (χ0) is 6.97. The van der Waals surface area contributed by atoms with Crippen molar-refractivity contribution in [3.05, 3.63) is 28.6 Å². The molecule has 0 aliphatic heterocycles. The Labute approximate surface area is 67.4 Å². The molecule has 2 aromatic rings. The minimum Gasteiger partial charge on any atom is -0.191 e. The third-order valence-electron chi connectivity index (χ3n) is 1.34. The van der Waals surface area contributed by atoms with Gasteiger partial charge in [0.15, 0.2) is 0 Å². The van der Waals surface area contributed by atoms with E-state index in [1.54, 1.807) is 0 Å². The van der Waals surface area contributed by atoms with Crippen LogP contribution in [0.1, 0.15) is 0 Å². The van der Waals surface area contributed by atoms with Gasteiger partial charge in [0.25, 0.3) is 0 Å². The van der Waals surface area contributed by atoms with Crippen molar-refractivity contribution in [2.75, 3.05) is 0 Å². The summed E-state index contributed by atoms with van der Waals surface area (Å²) < 4.78 is 4.13. The van der Waals surface area contributed by atoms with Crippen molar-refractivity contribution in [3.8, 4) is 0 Å². The molecule has 10 heavy (non-hydrogen) atoms. The van der Waals surface area contributed by atoms with E-state index in [0.717, 1.165) is 15.9 Å². The summed E-state index contributed by atoms with van der Waals surface area (Å²) in [6, 6.07) is 5.79. The van der Waals surface area contributed by atoms with Crippen LogP contribution in [0.2, 0.25) is 5.02 Å². The number of hydrogen-bond donors (Lipinski definition) is 0. The normalized spacial score (nSPS) is 10.5. The van der Waals surface area contributed by atoms with Crippen molar-refractivity contribution in [2.24, 2.45) is 0 Å². The molecule has 0 N–H and O–H groups in total. The van der Waals surface area contributed by atoms with Gasteiger partial charge < -0.3 is 0 Å². The predicted molar refractivity (Wildman–Crippen MR) is 44.6 cm³/mol. The Morgan fingerprint density at radius 2 is 2.30 bits per heavy atom. The van der Waals surface area contributed by atoms with Gasteiger partial charge in [0.05, 0.1) is 5.02 Å². The van der Waals surface area contributed by atoms with Crippen molar-refractivity contribution in [1.29, 1.82) is 0 Å². The summed E-state index contributed by atoms with van der Waals surface area (Å²) in [5.41, 5.74) is 0.911. The summed E-state index contributed by atoms with van der Waals surface area (Å²) in [6.07, 6.45) is 0. The second-order valence-corrected chi connectivity index (χ2v) is 3.03. The van der Waals surface area contributed by atoms with Crippen LogP contribution in [0.4, 0.5) is 0 Å². The molecule has 1 aromatic heterocycles. The van der Waals surface area contributed by atoms with Crippen LogP contribution in [0.5, 0.6) is 0 Å². The lowest BCUT2D eigenvalue weighted by Gasteiger charge is -1.87. The number of hydrogen-bond acceptors (Lipinski definition) is 2. The van der Waals surface area contributed by atoms with Crippen LogP contribution in [0.3, 0.4) is 0 Å². The summed E-state index contributed by atoms with van der Waals surface area (Å²) >= 11 is 7.28. The van der Waals surface area contributed by atoms with E-state index in [4.69, 9.17) is 11.6 Å². The van der Waals surface area contributed by atoms with Crippen molar-refractivity contribution >= 4 is 34.0 Å². The first kappa shape index (κ1) is 6.13. The quantitative estimate of drug-likeness (QED) is 0.591. The van der Waals surface area contributed by atoms with Crippen LogP contribution in [-0.4, -0.2) is 4.37 Å². The van der Waals surface area contributed by atoms with Crippen molar-refractivity contribution < 1.29 is 0 Å². The number of nitrogens with zero attached hydrogens (tertiary/aromatic N) is 1. The average Bonchev–Trinajstić information content (AvgIpc) is 2.36. The van der Waals surface area contributed by atoms with E-state index in [-0.39, 0.29) is 0 Å². The van der Waals surface area contributed by atoms with E-state index in [1.807, 2.05) is 23.6 Å². The Bertz CT molecular complexity index is 355. The monoisotopic (exact) mass is 169 g/mol. The summed E-state index contributed by atoms with van der Waals surface area (Å²) in [5.74, 6) is 0. The number of halogens is 1. The van der Waals surface area contributed by atoms with Crippen LogP contribution in [0.15, 0.2) is 23.6 Å². The van der Waals surface area contributed by atoms with Gasteiger partial charge in [-0.05, 0) is 17.6 Å². The lowest BCUT2D eigenvalue weighted by atomic mass is 10.3. The van der Waals surface area contributed by atoms with Gasteiger partial charge in [-0.3, -0.25) is 0 Å². The summed E-state index contributed by atoms with van der Waals surface area (Å²) in [6.45, 7) is 0. The molecular weight excluding hydrogens is 166 g/mol. The molecule has 50 valence electrons. The zero-order valence-corrected chi connectivity index (χ0v) is 6.62. The number of benzene rings is 1. The van der Waals surface area contributed by atoms with E-state index in [2.05, 4.69) is 4.37 Å². The van der Waals surface area contributed by atoms with E-state index < -0.39 is 0 Å². The van der Waals surface area contributed by atoms with Gasteiger partial charge >= 0.3 is 0 Å². The standard InChI is InChI=1S/C7H4ClNS/c8-6-3-1-2-5-4-10-9-7(5)6/h1-4H. The molecule has 0 unspecified atom stereocenters. The predicted octanol–water partition coefficient (Wildman–Crippen LogP) is 2.95. The molecule has 0 amide bonds. The first-order valence-corrected chi connectivity index (χ1v) is 4.08. The van der Waals surface area contributed by atoms with Gasteiger partial charge in [-0.25, -0.2) is 0 Å². The molecule has 1 heterocycles. The minimum atomic E-state index is 0.735. The Kier molecular flexibility index (Phi) is 1.36. The molecular formula is C7H4ClNS. The highest BCUT2D eigenvalue weighted by molar-refractivity contribution is 7.04. The van der Waals surface area contributed by atoms with Crippen LogP contribution in [0, 0.1) is 0 Å². The average molecular weight is 170 g/mol. The summed E-state index contributed by atoms with van der Waals surface area (Å²) in [4.78, 5) is 0. The molecule has 1 aromatic carbocycles. The zero-order valence-electron chi connectivity index (χ0n) is 5.04. The van der Waals surface area contributed by atoms with Crippen molar-refractivity contribution in [3.63, 3.8) is 0 Å². The SMILES string of the molecule is Clc1cccc2csnc12. The van der Waals surface area contributed by atoms with Crippen molar-refractivity contribution in [1.82, 2.24) is 4.37 Å². The van der Waals surface area contributed by atoms with Crippen LogP contribution in [-0.2, 0) is 0 Å². The summed E-state index contributed by atoms with van der Waals surface area (Å²) in [5, 5.41) is 3.84. The highest BCUT2D eigenvalue weighted by Crippen LogP contribution is 2.22. The largest absolute Gasteiger partial charge is 0.191 e. The highest BCUT2D eigenvalue weighted by Gasteiger charge is 1.98. The Morgan fingerprint density at radius 1 is 1.40 bits per heavy atom. The molecule has 0 aliphatic carbocycles. The molecule has 1 nitrogen and oxygen atoms in total. The van der Waals surface area contributed by atoms with Gasteiger partial charge in [-0.15, -0.1) is 0 Å². The lowest BCUT2D eigenvalue weighted by molar-refractivity contribution is 1.66. The van der Waals surface area contributed by atoms with Crippen LogP contribution in [0.25, 0.3) is 10.9 Å². The molecule has 0 saturated carbocycles. The Morgan fingerprint density at radius 3 is 3.10 bits per heavy atom. The molecule has 0 bridgehead atoms. The topological polar surface area (TPSA) is 12.9 Å². The third-order valence-corrected chi connectivity index (χ3v) is 2.29. The molecule has 0 fully saturated rings. The van der Waals surface area contributed by atoms with Gasteiger partial charge in [-0.2, -0.15) is 4.37 Å². The second-order valence-electron chi connectivity index (χ2n) is 1.99. The third kappa shape index (κ3) is 0.805. The Hall–Kier alpha value is -0.600. The fraction of sp³-hybridized carbons (Fsp3) is 0. The molecule has 0 spiro atoms. The first-order chi connectivity index (χ1) is 4.88. The Balaban J connectivity index is 2.95. The smallest absolute Gasteiger partial charge is 0.103 e. The molecule has 0 aliphatic rings. The van der Waals surface area contributed by atoms with Crippen LogP contribution < -0.4 is 0 Å². The number of rotatable bonds is 0. The molecule has 0 saturated heterocycles. The molecule has 0 radical (unpaired) electrons. The molecule has 2 rings (SSSR count). The molecule has 0 atom stereocenters. The van der Waals surface area contributed by atoms with Crippen molar-refractivity contribution in [2.45, 2.75) is 0 Å². The van der Waals surface area contributed by atoms with Gasteiger partial charge in [-0.1, -0.05) is 23.7 Å². The maximum atomic E-state index is 5.84. The fourth-order valence-electron chi connectivity index (χ4n) is 0.859. The minimum absolute atomic E-state index is 0.735. The lowest BCUT2D eigenvalue weighted by Crippen LogP contribution is -1.66. The fourth-order valence-corrected chi connectivity index (χ4v) is 1.80. The van der Waals surface area contributed by atoms with Crippen LogP contribution >= 0.6 is 23.1 Å². The van der Waals surface area contributed by atoms with Gasteiger partial charge in [0, 0.05) is 10.8 Å². The van der Waals surface area contributed by atoms with E-state index in [0.29, 0.717) is 0 Å². The van der Waals surface area contributed by atoms with Gasteiger partial charge in [0.2, 0.25) is 0 Å². The van der Waals surface area contributed by atoms with E-state index >= 15 is 0 Å². The number of aromatic nitrogens is 1. The highest BCUT2D eigenvalue weighted by atomic mass is 35.5. The first-order valence-electron chi connectivity index (χ1n) is 2.86. The number of fused-ring (bicyclic) bond motifs is 1. The maximum Gasteiger partial charge on any atom is 0.103 e. The van der Waals surface area contributed by atoms with Gasteiger partial charge in [0.1, 0.15) is 5.52 Å². The second kappa shape index (κ2) is 2.22. The summed E-state index contributed by atoms with van der Waals surface area (Å²) in [7, 11) is 0. The van der Waals surface area contributed by atoms with E-state index in [9.17, 15) is 0 Å². The molecule has 3 heteroatoms. The maximum absolute atomic E-state index is 5.84. The van der Waals surface area contributed by atoms with E-state index in [1.165, 1.54) is 11.5 Å².